The lowest BCUT2D eigenvalue weighted by atomic mass is 10.1. The number of nitrogens with one attached hydrogen (secondary N) is 1. The maximum absolute atomic E-state index is 12.1. The van der Waals surface area contributed by atoms with E-state index in [1.54, 1.807) is 6.08 Å². The molecular formula is C23H26ClN3O3. The quantitative estimate of drug-likeness (QED) is 0.520. The van der Waals surface area contributed by atoms with E-state index in [4.69, 9.17) is 16.3 Å². The van der Waals surface area contributed by atoms with E-state index < -0.39 is 0 Å². The fraction of sp³-hybridized carbons (Fsp3) is 0.348. The van der Waals surface area contributed by atoms with E-state index in [0.717, 1.165) is 35.6 Å². The lowest BCUT2D eigenvalue weighted by Gasteiger charge is -2.28. The van der Waals surface area contributed by atoms with Gasteiger partial charge < -0.3 is 15.0 Å². The zero-order chi connectivity index (χ0) is 21.5. The third kappa shape index (κ3) is 6.40. The van der Waals surface area contributed by atoms with Crippen molar-refractivity contribution in [3.63, 3.8) is 0 Å². The van der Waals surface area contributed by atoms with Gasteiger partial charge in [0.25, 0.3) is 0 Å². The van der Waals surface area contributed by atoms with Gasteiger partial charge in [-0.1, -0.05) is 29.3 Å². The first kappa shape index (κ1) is 22.0. The zero-order valence-corrected chi connectivity index (χ0v) is 18.0. The van der Waals surface area contributed by atoms with Gasteiger partial charge in [0.2, 0.25) is 5.91 Å². The number of carbonyl (C=O) groups excluding carboxylic acids is 2. The van der Waals surface area contributed by atoms with Crippen LogP contribution < -0.4 is 10.2 Å². The van der Waals surface area contributed by atoms with Crippen LogP contribution in [0.3, 0.4) is 0 Å². The van der Waals surface area contributed by atoms with Crippen molar-refractivity contribution >= 4 is 34.8 Å². The molecule has 6 nitrogen and oxygen atoms in total. The number of pyridine rings is 1. The van der Waals surface area contributed by atoms with Gasteiger partial charge in [-0.3, -0.25) is 9.59 Å². The second-order valence-electron chi connectivity index (χ2n) is 7.45. The second kappa shape index (κ2) is 10.4. The number of ether oxygens (including phenoxy) is 1. The van der Waals surface area contributed by atoms with Crippen molar-refractivity contribution in [2.24, 2.45) is 0 Å². The Bertz CT molecular complexity index is 931. The molecule has 30 heavy (non-hydrogen) atoms. The van der Waals surface area contributed by atoms with Gasteiger partial charge in [-0.2, -0.15) is 0 Å². The number of halogens is 1. The summed E-state index contributed by atoms with van der Waals surface area (Å²) in [6.07, 6.45) is 1.93. The first-order valence-electron chi connectivity index (χ1n) is 9.99. The van der Waals surface area contributed by atoms with Crippen LogP contribution in [0, 0.1) is 0 Å². The second-order valence-corrected chi connectivity index (χ2v) is 7.84. The smallest absolute Gasteiger partial charge is 0.224 e. The van der Waals surface area contributed by atoms with Crippen molar-refractivity contribution in [1.82, 2.24) is 4.98 Å². The summed E-state index contributed by atoms with van der Waals surface area (Å²) in [4.78, 5) is 30.4. The number of amides is 1. The monoisotopic (exact) mass is 427 g/mol. The highest BCUT2D eigenvalue weighted by molar-refractivity contribution is 6.29. The minimum Gasteiger partial charge on any atom is -0.378 e. The Morgan fingerprint density at radius 3 is 2.47 bits per heavy atom. The Balaban J connectivity index is 1.64. The molecular weight excluding hydrogens is 402 g/mol. The van der Waals surface area contributed by atoms with Crippen LogP contribution in [-0.2, 0) is 14.3 Å². The Hall–Kier alpha value is -2.70. The van der Waals surface area contributed by atoms with Crippen molar-refractivity contribution in [2.45, 2.75) is 26.7 Å². The summed E-state index contributed by atoms with van der Waals surface area (Å²) in [5, 5.41) is 3.27. The predicted molar refractivity (Wildman–Crippen MR) is 120 cm³/mol. The van der Waals surface area contributed by atoms with Gasteiger partial charge >= 0.3 is 0 Å². The Morgan fingerprint density at radius 2 is 1.80 bits per heavy atom. The van der Waals surface area contributed by atoms with Crippen LogP contribution in [0.5, 0.6) is 0 Å². The molecule has 1 aromatic carbocycles. The number of nitrogens with zero attached hydrogens (tertiary/aromatic N) is 2. The summed E-state index contributed by atoms with van der Waals surface area (Å²) in [7, 11) is 0. The van der Waals surface area contributed by atoms with Gasteiger partial charge in [0, 0.05) is 31.6 Å². The van der Waals surface area contributed by atoms with Gasteiger partial charge in [-0.15, -0.1) is 0 Å². The molecule has 2 heterocycles. The number of aromatic nitrogens is 1. The maximum Gasteiger partial charge on any atom is 0.224 e. The number of ketones is 1. The van der Waals surface area contributed by atoms with Gasteiger partial charge in [0.05, 0.1) is 13.2 Å². The topological polar surface area (TPSA) is 71.5 Å². The molecule has 0 radical (unpaired) electrons. The number of morpholine rings is 1. The number of allylic oxidation sites excluding steroid dienone is 2. The highest BCUT2D eigenvalue weighted by Gasteiger charge is 2.14. The molecule has 1 aliphatic rings. The van der Waals surface area contributed by atoms with Crippen LogP contribution in [0.4, 0.5) is 11.5 Å². The van der Waals surface area contributed by atoms with Crippen LogP contribution in [0.25, 0.3) is 11.1 Å². The molecule has 1 aromatic heterocycles. The number of carbonyl (C=O) groups is 2. The summed E-state index contributed by atoms with van der Waals surface area (Å²) in [6.45, 7) is 6.65. The molecule has 1 fully saturated rings. The summed E-state index contributed by atoms with van der Waals surface area (Å²) >= 11 is 6.25. The van der Waals surface area contributed by atoms with E-state index in [0.29, 0.717) is 24.1 Å². The molecule has 3 rings (SSSR count). The van der Waals surface area contributed by atoms with E-state index in [2.05, 4.69) is 15.2 Å². The third-order valence-corrected chi connectivity index (χ3v) is 4.86. The van der Waals surface area contributed by atoms with E-state index >= 15 is 0 Å². The number of anilines is 2. The van der Waals surface area contributed by atoms with E-state index in [-0.39, 0.29) is 24.5 Å². The largest absolute Gasteiger partial charge is 0.378 e. The van der Waals surface area contributed by atoms with Gasteiger partial charge in [-0.25, -0.2) is 4.98 Å². The summed E-state index contributed by atoms with van der Waals surface area (Å²) in [5.74, 6) is 0.616. The lowest BCUT2D eigenvalue weighted by Crippen LogP contribution is -2.36. The lowest BCUT2D eigenvalue weighted by molar-refractivity contribution is -0.120. The summed E-state index contributed by atoms with van der Waals surface area (Å²) in [5.41, 5.74) is 3.56. The Labute approximate surface area is 181 Å². The molecule has 1 N–H and O–H groups in total. The van der Waals surface area contributed by atoms with Crippen LogP contribution in [0.1, 0.15) is 26.7 Å². The van der Waals surface area contributed by atoms with Crippen LogP contribution in [-0.4, -0.2) is 43.0 Å². The molecule has 1 amide bonds. The van der Waals surface area contributed by atoms with Crippen LogP contribution >= 0.6 is 11.6 Å². The van der Waals surface area contributed by atoms with E-state index in [1.807, 2.05) is 50.2 Å². The fourth-order valence-corrected chi connectivity index (χ4v) is 3.41. The first-order chi connectivity index (χ1) is 14.4. The van der Waals surface area contributed by atoms with Crippen molar-refractivity contribution in [3.05, 3.63) is 53.2 Å². The van der Waals surface area contributed by atoms with Crippen molar-refractivity contribution in [2.75, 3.05) is 36.5 Å². The number of hydrogen-bond donors (Lipinski definition) is 1. The first-order valence-corrected chi connectivity index (χ1v) is 10.4. The van der Waals surface area contributed by atoms with Crippen molar-refractivity contribution in [3.8, 4) is 11.1 Å². The molecule has 1 aliphatic heterocycles. The third-order valence-electron chi connectivity index (χ3n) is 4.67. The van der Waals surface area contributed by atoms with Crippen molar-refractivity contribution < 1.29 is 14.3 Å². The molecule has 0 atom stereocenters. The minimum absolute atomic E-state index is 0.0360. The molecule has 0 spiro atoms. The SMILES string of the molecule is CC(C)=CC(=O)CCC(=O)Nc1ccc(-c2cc(Cl)nc(N3CCOCC3)c2)cc1. The average molecular weight is 428 g/mol. The van der Waals surface area contributed by atoms with Gasteiger partial charge in [0.15, 0.2) is 5.78 Å². The molecule has 0 bridgehead atoms. The van der Waals surface area contributed by atoms with Gasteiger partial charge in [0.1, 0.15) is 11.0 Å². The van der Waals surface area contributed by atoms with Crippen molar-refractivity contribution in [1.29, 1.82) is 0 Å². The minimum atomic E-state index is -0.181. The molecule has 1 saturated heterocycles. The fourth-order valence-electron chi connectivity index (χ4n) is 3.20. The summed E-state index contributed by atoms with van der Waals surface area (Å²) < 4.78 is 5.40. The highest BCUT2D eigenvalue weighted by atomic mass is 35.5. The maximum atomic E-state index is 12.1. The molecule has 7 heteroatoms. The molecule has 0 aliphatic carbocycles. The zero-order valence-electron chi connectivity index (χ0n) is 17.3. The standard InChI is InChI=1S/C23H26ClN3O3/c1-16(2)13-20(28)7-8-23(29)25-19-5-3-17(4-6-19)18-14-21(24)26-22(15-18)27-9-11-30-12-10-27/h3-6,13-15H,7-12H2,1-2H3,(H,25,29). The highest BCUT2D eigenvalue weighted by Crippen LogP contribution is 2.28. The summed E-state index contributed by atoms with van der Waals surface area (Å²) in [6, 6.07) is 11.4. The Kier molecular flexibility index (Phi) is 7.60. The van der Waals surface area contributed by atoms with Crippen LogP contribution in [0.2, 0.25) is 5.15 Å². The van der Waals surface area contributed by atoms with E-state index in [1.165, 1.54) is 0 Å². The predicted octanol–water partition coefficient (Wildman–Crippen LogP) is 4.49. The number of benzene rings is 1. The number of rotatable bonds is 7. The average Bonchev–Trinajstić information content (AvgIpc) is 2.72. The van der Waals surface area contributed by atoms with Crippen LogP contribution in [0.15, 0.2) is 48.0 Å². The number of hydrogen-bond acceptors (Lipinski definition) is 5. The normalized spacial score (nSPS) is 13.6. The van der Waals surface area contributed by atoms with E-state index in [9.17, 15) is 9.59 Å². The molecule has 158 valence electrons. The Morgan fingerprint density at radius 1 is 1.10 bits per heavy atom. The molecule has 0 saturated carbocycles. The van der Waals surface area contributed by atoms with Gasteiger partial charge in [-0.05, 0) is 55.3 Å². The molecule has 0 unspecified atom stereocenters. The molecule has 2 aromatic rings.